The zero-order valence-corrected chi connectivity index (χ0v) is 12.4. The molecule has 1 aliphatic heterocycles. The summed E-state index contributed by atoms with van der Waals surface area (Å²) in [5, 5.41) is 15.6. The monoisotopic (exact) mass is 298 g/mol. The van der Waals surface area contributed by atoms with Crippen molar-refractivity contribution in [2.75, 3.05) is 0 Å². The molecule has 1 atom stereocenters. The summed E-state index contributed by atoms with van der Waals surface area (Å²) in [6.45, 7) is 0. The van der Waals surface area contributed by atoms with Crippen LogP contribution in [0.25, 0.3) is 10.8 Å². The normalized spacial score (nSPS) is 16.7. The fourth-order valence-corrected chi connectivity index (χ4v) is 2.98. The average Bonchev–Trinajstić information content (AvgIpc) is 3.11. The molecule has 3 aromatic rings. The molecule has 0 fully saturated rings. The SMILES string of the molecule is N#Cc1ccc(C2=NOC(c3cccc4ccccc34)C2)cc1. The number of nitriles is 1. The van der Waals surface area contributed by atoms with Crippen LogP contribution in [0.2, 0.25) is 0 Å². The van der Waals surface area contributed by atoms with Crippen LogP contribution in [0.15, 0.2) is 71.9 Å². The highest BCUT2D eigenvalue weighted by atomic mass is 16.6. The number of hydrogen-bond acceptors (Lipinski definition) is 3. The number of oxime groups is 1. The molecule has 0 N–H and O–H groups in total. The van der Waals surface area contributed by atoms with Crippen LogP contribution in [0.3, 0.4) is 0 Å². The minimum atomic E-state index is -0.0632. The summed E-state index contributed by atoms with van der Waals surface area (Å²) in [7, 11) is 0. The Kier molecular flexibility index (Phi) is 3.29. The van der Waals surface area contributed by atoms with Gasteiger partial charge in [0.15, 0.2) is 6.10 Å². The van der Waals surface area contributed by atoms with Gasteiger partial charge in [0, 0.05) is 12.0 Å². The fraction of sp³-hybridized carbons (Fsp3) is 0.100. The molecule has 23 heavy (non-hydrogen) atoms. The van der Waals surface area contributed by atoms with E-state index >= 15 is 0 Å². The van der Waals surface area contributed by atoms with Crippen LogP contribution in [0.4, 0.5) is 0 Å². The van der Waals surface area contributed by atoms with E-state index in [-0.39, 0.29) is 6.10 Å². The number of hydrogen-bond donors (Lipinski definition) is 0. The van der Waals surface area contributed by atoms with E-state index in [1.165, 1.54) is 10.8 Å². The summed E-state index contributed by atoms with van der Waals surface area (Å²) in [5.74, 6) is 0. The molecule has 1 heterocycles. The van der Waals surface area contributed by atoms with E-state index in [1.807, 2.05) is 36.4 Å². The van der Waals surface area contributed by atoms with Crippen LogP contribution in [0.1, 0.15) is 29.2 Å². The molecule has 3 heteroatoms. The summed E-state index contributed by atoms with van der Waals surface area (Å²) < 4.78 is 0. The molecule has 3 aromatic carbocycles. The van der Waals surface area contributed by atoms with E-state index < -0.39 is 0 Å². The number of rotatable bonds is 2. The van der Waals surface area contributed by atoms with Crippen molar-refractivity contribution in [3.05, 3.63) is 83.4 Å². The second kappa shape index (κ2) is 5.58. The summed E-state index contributed by atoms with van der Waals surface area (Å²) >= 11 is 0. The predicted molar refractivity (Wildman–Crippen MR) is 90.1 cm³/mol. The highest BCUT2D eigenvalue weighted by Crippen LogP contribution is 2.33. The lowest BCUT2D eigenvalue weighted by Gasteiger charge is -2.11. The van der Waals surface area contributed by atoms with Crippen LogP contribution < -0.4 is 0 Å². The van der Waals surface area contributed by atoms with Gasteiger partial charge in [-0.25, -0.2) is 0 Å². The number of benzene rings is 3. The van der Waals surface area contributed by atoms with Crippen molar-refractivity contribution in [1.29, 1.82) is 5.26 Å². The summed E-state index contributed by atoms with van der Waals surface area (Å²) in [5.41, 5.74) is 3.74. The molecule has 0 spiro atoms. The minimum absolute atomic E-state index is 0.0632. The average molecular weight is 298 g/mol. The summed E-state index contributed by atoms with van der Waals surface area (Å²) in [6, 6.07) is 24.2. The number of nitrogens with zero attached hydrogens (tertiary/aromatic N) is 2. The van der Waals surface area contributed by atoms with Crippen LogP contribution in [-0.4, -0.2) is 5.71 Å². The zero-order valence-electron chi connectivity index (χ0n) is 12.4. The van der Waals surface area contributed by atoms with Crippen molar-refractivity contribution in [2.24, 2.45) is 5.16 Å². The van der Waals surface area contributed by atoms with Gasteiger partial charge in [0.05, 0.1) is 17.3 Å². The third-order valence-corrected chi connectivity index (χ3v) is 4.19. The standard InChI is InChI=1S/C20H14N2O/c21-13-14-8-10-16(11-9-14)19-12-20(23-22-19)18-7-3-5-15-4-1-2-6-17(15)18/h1-11,20H,12H2. The number of fused-ring (bicyclic) bond motifs is 1. The molecule has 4 rings (SSSR count). The van der Waals surface area contributed by atoms with Gasteiger partial charge in [-0.2, -0.15) is 5.26 Å². The Balaban J connectivity index is 1.63. The maximum atomic E-state index is 8.88. The maximum Gasteiger partial charge on any atom is 0.158 e. The molecule has 1 unspecified atom stereocenters. The Labute approximate surface area is 134 Å². The molecule has 110 valence electrons. The Morgan fingerprint density at radius 1 is 0.957 bits per heavy atom. The van der Waals surface area contributed by atoms with E-state index in [1.54, 1.807) is 0 Å². The molecule has 3 nitrogen and oxygen atoms in total. The molecule has 0 aliphatic carbocycles. The Hall–Kier alpha value is -3.12. The van der Waals surface area contributed by atoms with Gasteiger partial charge in [-0.15, -0.1) is 0 Å². The molecular formula is C20H14N2O. The first-order chi connectivity index (χ1) is 11.3. The van der Waals surface area contributed by atoms with Gasteiger partial charge in [-0.1, -0.05) is 59.8 Å². The molecule has 0 radical (unpaired) electrons. The van der Waals surface area contributed by atoms with Gasteiger partial charge in [0.1, 0.15) is 0 Å². The zero-order chi connectivity index (χ0) is 15.6. The quantitative estimate of drug-likeness (QED) is 0.695. The van der Waals surface area contributed by atoms with Crippen molar-refractivity contribution >= 4 is 16.5 Å². The van der Waals surface area contributed by atoms with E-state index in [9.17, 15) is 0 Å². The van der Waals surface area contributed by atoms with E-state index in [0.717, 1.165) is 23.3 Å². The van der Waals surface area contributed by atoms with Gasteiger partial charge in [-0.3, -0.25) is 0 Å². The van der Waals surface area contributed by atoms with E-state index in [0.29, 0.717) is 5.56 Å². The summed E-state index contributed by atoms with van der Waals surface area (Å²) in [4.78, 5) is 5.69. The lowest BCUT2D eigenvalue weighted by atomic mass is 9.95. The molecule has 0 aromatic heterocycles. The molecule has 0 bridgehead atoms. The van der Waals surface area contributed by atoms with Gasteiger partial charge in [0.2, 0.25) is 0 Å². The van der Waals surface area contributed by atoms with Gasteiger partial charge in [0.25, 0.3) is 0 Å². The van der Waals surface area contributed by atoms with Crippen molar-refractivity contribution in [1.82, 2.24) is 0 Å². The second-order valence-electron chi connectivity index (χ2n) is 5.59. The van der Waals surface area contributed by atoms with Crippen LogP contribution >= 0.6 is 0 Å². The molecular weight excluding hydrogens is 284 g/mol. The van der Waals surface area contributed by atoms with Crippen molar-refractivity contribution in [3.8, 4) is 6.07 Å². The van der Waals surface area contributed by atoms with Gasteiger partial charge < -0.3 is 4.84 Å². The lowest BCUT2D eigenvalue weighted by molar-refractivity contribution is 0.0868. The molecule has 0 saturated heterocycles. The van der Waals surface area contributed by atoms with Crippen molar-refractivity contribution in [2.45, 2.75) is 12.5 Å². The van der Waals surface area contributed by atoms with Gasteiger partial charge in [-0.05, 0) is 28.5 Å². The van der Waals surface area contributed by atoms with E-state index in [2.05, 4.69) is 41.6 Å². The first-order valence-corrected chi connectivity index (χ1v) is 7.56. The molecule has 1 aliphatic rings. The Bertz CT molecular complexity index is 931. The summed E-state index contributed by atoms with van der Waals surface area (Å²) in [6.07, 6.45) is 0.673. The molecule has 0 saturated carbocycles. The molecule has 0 amide bonds. The smallest absolute Gasteiger partial charge is 0.158 e. The van der Waals surface area contributed by atoms with Crippen molar-refractivity contribution < 1.29 is 4.84 Å². The Morgan fingerprint density at radius 3 is 2.57 bits per heavy atom. The predicted octanol–water partition coefficient (Wildman–Crippen LogP) is 4.58. The first kappa shape index (κ1) is 13.5. The van der Waals surface area contributed by atoms with Crippen molar-refractivity contribution in [3.63, 3.8) is 0 Å². The fourth-order valence-electron chi connectivity index (χ4n) is 2.98. The minimum Gasteiger partial charge on any atom is -0.387 e. The van der Waals surface area contributed by atoms with Crippen LogP contribution in [-0.2, 0) is 4.84 Å². The van der Waals surface area contributed by atoms with Crippen LogP contribution in [0.5, 0.6) is 0 Å². The van der Waals surface area contributed by atoms with E-state index in [4.69, 9.17) is 10.1 Å². The topological polar surface area (TPSA) is 45.4 Å². The lowest BCUT2D eigenvalue weighted by Crippen LogP contribution is -2.02. The highest BCUT2D eigenvalue weighted by molar-refractivity contribution is 6.01. The Morgan fingerprint density at radius 2 is 1.74 bits per heavy atom. The first-order valence-electron chi connectivity index (χ1n) is 7.56. The van der Waals surface area contributed by atoms with Crippen LogP contribution in [0, 0.1) is 11.3 Å². The highest BCUT2D eigenvalue weighted by Gasteiger charge is 2.25. The van der Waals surface area contributed by atoms with Gasteiger partial charge >= 0.3 is 0 Å². The largest absolute Gasteiger partial charge is 0.387 e. The third kappa shape index (κ3) is 2.45. The maximum absolute atomic E-state index is 8.88. The second-order valence-corrected chi connectivity index (χ2v) is 5.59. The third-order valence-electron chi connectivity index (χ3n) is 4.19.